The van der Waals surface area contributed by atoms with Crippen LogP contribution in [-0.4, -0.2) is 0 Å². The first-order valence-corrected chi connectivity index (χ1v) is 18.8. The maximum absolute atomic E-state index is 9.60. The first-order valence-electron chi connectivity index (χ1n) is 18.8. The summed E-state index contributed by atoms with van der Waals surface area (Å²) in [7, 11) is 0. The summed E-state index contributed by atoms with van der Waals surface area (Å²) in [5.41, 5.74) is 16.4. The van der Waals surface area contributed by atoms with E-state index in [1.54, 1.807) is 0 Å². The molecule has 1 aliphatic heterocycles. The molecular formula is C50H39N4-. The first-order chi connectivity index (χ1) is 26.5. The van der Waals surface area contributed by atoms with E-state index in [2.05, 4.69) is 170 Å². The van der Waals surface area contributed by atoms with Crippen molar-refractivity contribution in [3.05, 3.63) is 231 Å². The fourth-order valence-electron chi connectivity index (χ4n) is 9.48. The summed E-state index contributed by atoms with van der Waals surface area (Å²) < 4.78 is 0. The van der Waals surface area contributed by atoms with Gasteiger partial charge >= 0.3 is 0 Å². The van der Waals surface area contributed by atoms with Crippen LogP contribution in [0.25, 0.3) is 27.6 Å². The average molecular weight is 696 g/mol. The largest absolute Gasteiger partial charge is 0.624 e. The molecule has 1 heterocycles. The van der Waals surface area contributed by atoms with Gasteiger partial charge in [-0.15, -0.1) is 0 Å². The normalized spacial score (nSPS) is 19.9. The van der Waals surface area contributed by atoms with Crippen molar-refractivity contribution in [1.29, 1.82) is 5.26 Å². The molecular weight excluding hydrogens is 657 g/mol. The Balaban J connectivity index is 1.06. The molecule has 260 valence electrons. The minimum Gasteiger partial charge on any atom is -0.624 e. The quantitative estimate of drug-likeness (QED) is 0.193. The Morgan fingerprint density at radius 3 is 1.72 bits per heavy atom. The molecule has 2 N–H and O–H groups in total. The molecule has 54 heavy (non-hydrogen) atoms. The van der Waals surface area contributed by atoms with Gasteiger partial charge in [-0.3, -0.25) is 0 Å². The predicted octanol–water partition coefficient (Wildman–Crippen LogP) is 11.2. The molecule has 0 amide bonds. The fraction of sp³-hybridized carbons (Fsp3) is 0.140. The zero-order chi connectivity index (χ0) is 36.4. The highest BCUT2D eigenvalue weighted by molar-refractivity contribution is 5.90. The summed E-state index contributed by atoms with van der Waals surface area (Å²) in [4.78, 5) is 0. The minimum atomic E-state index is -0.424. The molecule has 1 spiro atoms. The van der Waals surface area contributed by atoms with E-state index in [1.165, 1.54) is 50.1 Å². The van der Waals surface area contributed by atoms with Gasteiger partial charge in [-0.2, -0.15) is 5.26 Å². The Hall–Kier alpha value is -6.09. The lowest BCUT2D eigenvalue weighted by atomic mass is 9.55. The predicted molar refractivity (Wildman–Crippen MR) is 217 cm³/mol. The highest BCUT2D eigenvalue weighted by Crippen LogP contribution is 2.62. The molecule has 0 saturated carbocycles. The van der Waals surface area contributed by atoms with Crippen molar-refractivity contribution in [2.24, 2.45) is 0 Å². The second kappa shape index (κ2) is 12.5. The maximum Gasteiger partial charge on any atom is 0.0991 e. The third-order valence-corrected chi connectivity index (χ3v) is 12.0. The first kappa shape index (κ1) is 32.6. The van der Waals surface area contributed by atoms with Crippen molar-refractivity contribution in [3.63, 3.8) is 0 Å². The lowest BCUT2D eigenvalue weighted by molar-refractivity contribution is 0.316. The summed E-state index contributed by atoms with van der Waals surface area (Å²) in [6.07, 6.45) is -0.655. The Labute approximate surface area is 317 Å². The van der Waals surface area contributed by atoms with Crippen LogP contribution in [0.2, 0.25) is 0 Å². The molecule has 3 aliphatic rings. The number of hydrogen-bond acceptors (Lipinski definition) is 3. The average Bonchev–Trinajstić information content (AvgIpc) is 3.53. The summed E-state index contributed by atoms with van der Waals surface area (Å²) in [5.74, 6) is 0. The van der Waals surface area contributed by atoms with Gasteiger partial charge < -0.3 is 16.0 Å². The molecule has 1 saturated heterocycles. The van der Waals surface area contributed by atoms with Crippen molar-refractivity contribution in [2.45, 2.75) is 43.2 Å². The van der Waals surface area contributed by atoms with E-state index < -0.39 is 5.41 Å². The zero-order valence-corrected chi connectivity index (χ0v) is 30.3. The molecule has 4 heteroatoms. The molecule has 10 rings (SSSR count). The third kappa shape index (κ3) is 4.87. The monoisotopic (exact) mass is 695 g/mol. The van der Waals surface area contributed by atoms with E-state index in [0.717, 1.165) is 22.3 Å². The van der Waals surface area contributed by atoms with Crippen LogP contribution in [0.1, 0.15) is 88.0 Å². The Morgan fingerprint density at radius 1 is 0.481 bits per heavy atom. The van der Waals surface area contributed by atoms with Crippen LogP contribution < -0.4 is 10.6 Å². The molecule has 3 atom stereocenters. The van der Waals surface area contributed by atoms with E-state index in [-0.39, 0.29) is 23.9 Å². The number of benzene rings is 7. The SMILES string of the molecule is CC1(C)c2ccccc2C2(c3ccccc3-c3ccc(-c4ccc(C5[N-]C(c6cccc(C#N)c6)NC(c6ccccc6)N5)cc4)cc32)c2ccccc21. The van der Waals surface area contributed by atoms with E-state index in [0.29, 0.717) is 5.56 Å². The second-order valence-corrected chi connectivity index (χ2v) is 15.3. The molecule has 0 radical (unpaired) electrons. The van der Waals surface area contributed by atoms with Gasteiger partial charge in [0.1, 0.15) is 0 Å². The standard InChI is InChI=1S/C50H39N4/c1-49(2)41-19-8-10-21-43(41)50(44-22-11-9-20-42(44)49)40-18-7-6-17-38(40)39-28-27-36(30-45(39)50)33-23-25-35(26-24-33)47-52-46(34-14-4-3-5-15-34)53-48(54-47)37-16-12-13-32(29-37)31-51/h3-30,46-48,52-53H,1-2H3/q-1. The van der Waals surface area contributed by atoms with Gasteiger partial charge in [0.05, 0.1) is 23.2 Å². The van der Waals surface area contributed by atoms with E-state index in [4.69, 9.17) is 5.32 Å². The molecule has 7 aromatic carbocycles. The van der Waals surface area contributed by atoms with Crippen LogP contribution >= 0.6 is 0 Å². The highest BCUT2D eigenvalue weighted by Gasteiger charge is 2.53. The van der Waals surface area contributed by atoms with E-state index >= 15 is 0 Å². The summed E-state index contributed by atoms with van der Waals surface area (Å²) >= 11 is 0. The number of fused-ring (bicyclic) bond motifs is 9. The van der Waals surface area contributed by atoms with Crippen LogP contribution in [-0.2, 0) is 10.8 Å². The number of nitriles is 1. The van der Waals surface area contributed by atoms with E-state index in [1.807, 2.05) is 30.3 Å². The topological polar surface area (TPSA) is 62.0 Å². The van der Waals surface area contributed by atoms with Crippen molar-refractivity contribution in [1.82, 2.24) is 10.6 Å². The Morgan fingerprint density at radius 2 is 1.04 bits per heavy atom. The van der Waals surface area contributed by atoms with Gasteiger partial charge in [-0.1, -0.05) is 189 Å². The van der Waals surface area contributed by atoms with Gasteiger partial charge in [0.2, 0.25) is 0 Å². The van der Waals surface area contributed by atoms with Crippen LogP contribution in [0.4, 0.5) is 0 Å². The fourth-order valence-corrected chi connectivity index (χ4v) is 9.48. The summed E-state index contributed by atoms with van der Waals surface area (Å²) in [6, 6.07) is 63.6. The van der Waals surface area contributed by atoms with Crippen LogP contribution in [0.5, 0.6) is 0 Å². The molecule has 4 nitrogen and oxygen atoms in total. The summed E-state index contributed by atoms with van der Waals surface area (Å²) in [5, 5.41) is 22.2. The Bertz CT molecular complexity index is 2550. The lowest BCUT2D eigenvalue weighted by Crippen LogP contribution is -2.44. The highest BCUT2D eigenvalue weighted by atomic mass is 15.4. The zero-order valence-electron chi connectivity index (χ0n) is 30.3. The smallest absolute Gasteiger partial charge is 0.0991 e. The van der Waals surface area contributed by atoms with Crippen LogP contribution in [0.3, 0.4) is 0 Å². The Kier molecular flexibility index (Phi) is 7.54. The van der Waals surface area contributed by atoms with Gasteiger partial charge in [0.15, 0.2) is 0 Å². The van der Waals surface area contributed by atoms with Crippen molar-refractivity contribution in [3.8, 4) is 28.3 Å². The molecule has 0 aromatic heterocycles. The maximum atomic E-state index is 9.60. The lowest BCUT2D eigenvalue weighted by Gasteiger charge is -2.50. The van der Waals surface area contributed by atoms with Gasteiger partial charge in [-0.05, 0) is 79.4 Å². The molecule has 7 aromatic rings. The van der Waals surface area contributed by atoms with Crippen molar-refractivity contribution in [2.75, 3.05) is 0 Å². The molecule has 1 fully saturated rings. The van der Waals surface area contributed by atoms with Crippen LogP contribution in [0, 0.1) is 11.3 Å². The number of nitrogens with zero attached hydrogens (tertiary/aromatic N) is 2. The second-order valence-electron chi connectivity index (χ2n) is 15.3. The van der Waals surface area contributed by atoms with Gasteiger partial charge in [0, 0.05) is 5.41 Å². The van der Waals surface area contributed by atoms with Crippen molar-refractivity contribution < 1.29 is 0 Å². The molecule has 3 unspecified atom stereocenters. The van der Waals surface area contributed by atoms with Crippen molar-refractivity contribution >= 4 is 0 Å². The molecule has 2 aliphatic carbocycles. The number of rotatable bonds is 4. The number of hydrogen-bond donors (Lipinski definition) is 2. The minimum absolute atomic E-state index is 0.120. The summed E-state index contributed by atoms with van der Waals surface area (Å²) in [6.45, 7) is 4.74. The number of nitrogens with one attached hydrogen (secondary N) is 2. The molecule has 0 bridgehead atoms. The van der Waals surface area contributed by atoms with Gasteiger partial charge in [0.25, 0.3) is 0 Å². The van der Waals surface area contributed by atoms with Crippen LogP contribution in [0.15, 0.2) is 170 Å². The third-order valence-electron chi connectivity index (χ3n) is 12.0. The van der Waals surface area contributed by atoms with E-state index in [9.17, 15) is 5.26 Å². The van der Waals surface area contributed by atoms with Gasteiger partial charge in [-0.25, -0.2) is 0 Å².